The number of fused-ring (bicyclic) bond motifs is 1. The van der Waals surface area contributed by atoms with Gasteiger partial charge in [0.25, 0.3) is 0 Å². The molecular formula is C27H39N7O. The van der Waals surface area contributed by atoms with Crippen molar-refractivity contribution in [2.45, 2.75) is 41.5 Å². The number of allylic oxidation sites excluding steroid dienone is 2. The fraction of sp³-hybridized carbons (Fsp3) is 0.519. The Morgan fingerprint density at radius 2 is 1.97 bits per heavy atom. The minimum Gasteiger partial charge on any atom is -0.493 e. The number of hydrogen-bond donors (Lipinski definition) is 1. The van der Waals surface area contributed by atoms with Crippen LogP contribution in [0, 0.1) is 11.3 Å². The van der Waals surface area contributed by atoms with Crippen molar-refractivity contribution in [1.82, 2.24) is 29.7 Å². The van der Waals surface area contributed by atoms with Crippen LogP contribution in [0.5, 0.6) is 5.75 Å². The third-order valence-electron chi connectivity index (χ3n) is 6.39. The first-order chi connectivity index (χ1) is 16.6. The molecule has 2 aromatic rings. The lowest BCUT2D eigenvalue weighted by atomic mass is 9.95. The number of hydrogen-bond acceptors (Lipinski definition) is 7. The van der Waals surface area contributed by atoms with Crippen LogP contribution in [0.15, 0.2) is 53.3 Å². The zero-order valence-corrected chi connectivity index (χ0v) is 22.2. The maximum absolute atomic E-state index is 5.59. The van der Waals surface area contributed by atoms with Gasteiger partial charge in [-0.15, -0.1) is 0 Å². The van der Waals surface area contributed by atoms with E-state index in [0.717, 1.165) is 66.8 Å². The monoisotopic (exact) mass is 477 g/mol. The summed E-state index contributed by atoms with van der Waals surface area (Å²) >= 11 is 0. The fourth-order valence-corrected chi connectivity index (χ4v) is 4.90. The van der Waals surface area contributed by atoms with Gasteiger partial charge in [-0.25, -0.2) is 14.5 Å². The highest BCUT2D eigenvalue weighted by Crippen LogP contribution is 2.34. The van der Waals surface area contributed by atoms with Crippen molar-refractivity contribution in [2.24, 2.45) is 16.3 Å². The SMILES string of the molecule is C=C1NC(c2cc(OC)c3ncnn3c2)=C(C(C)C)/C1=N/C(=C\C)N1CCN(CC(C)(C)C)CC1. The number of methoxy groups -OCH3 is 1. The van der Waals surface area contributed by atoms with E-state index in [2.05, 4.69) is 79.4 Å². The zero-order valence-electron chi connectivity index (χ0n) is 22.2. The molecule has 0 amide bonds. The van der Waals surface area contributed by atoms with Crippen LogP contribution in [0.4, 0.5) is 0 Å². The summed E-state index contributed by atoms with van der Waals surface area (Å²) in [4.78, 5) is 14.4. The predicted octanol–water partition coefficient (Wildman–Crippen LogP) is 4.19. The molecule has 0 aliphatic carbocycles. The molecule has 1 N–H and O–H groups in total. The van der Waals surface area contributed by atoms with Crippen LogP contribution in [0.3, 0.4) is 0 Å². The normalized spacial score (nSPS) is 19.4. The van der Waals surface area contributed by atoms with Crippen molar-refractivity contribution in [1.29, 1.82) is 0 Å². The summed E-state index contributed by atoms with van der Waals surface area (Å²) in [6.07, 6.45) is 5.61. The minimum absolute atomic E-state index is 0.245. The molecule has 0 spiro atoms. The van der Waals surface area contributed by atoms with Gasteiger partial charge in [0.2, 0.25) is 0 Å². The van der Waals surface area contributed by atoms with Crippen molar-refractivity contribution in [3.8, 4) is 5.75 Å². The number of piperazine rings is 1. The van der Waals surface area contributed by atoms with Gasteiger partial charge in [-0.3, -0.25) is 4.90 Å². The number of aliphatic imine (C=N–C) groups is 1. The van der Waals surface area contributed by atoms with E-state index in [0.29, 0.717) is 16.8 Å². The maximum Gasteiger partial charge on any atom is 0.197 e. The number of nitrogens with one attached hydrogen (secondary N) is 1. The lowest BCUT2D eigenvalue weighted by Gasteiger charge is -2.38. The fourth-order valence-electron chi connectivity index (χ4n) is 4.90. The van der Waals surface area contributed by atoms with E-state index in [4.69, 9.17) is 9.73 Å². The summed E-state index contributed by atoms with van der Waals surface area (Å²) in [5, 5.41) is 7.83. The zero-order chi connectivity index (χ0) is 25.3. The molecule has 0 saturated carbocycles. The van der Waals surface area contributed by atoms with E-state index in [-0.39, 0.29) is 5.92 Å². The molecule has 0 aromatic carbocycles. The Labute approximate surface area is 209 Å². The standard InChI is InChI=1S/C27H39N7O/c1-9-22(33-12-10-32(11-13-33)16-27(5,6)7)31-24-19(4)30-25(23(24)18(2)3)20-14-21(35-8)26-28-17-29-34(26)15-20/h9,14-15,17-18,30H,4,10-13,16H2,1-3,5-8H3/b22-9+,31-24+. The molecule has 2 aromatic heterocycles. The number of nitrogens with zero attached hydrogens (tertiary/aromatic N) is 6. The molecule has 4 rings (SSSR count). The molecular weight excluding hydrogens is 438 g/mol. The van der Waals surface area contributed by atoms with Crippen LogP contribution in [0.1, 0.15) is 47.1 Å². The summed E-state index contributed by atoms with van der Waals surface area (Å²) < 4.78 is 7.33. The molecule has 0 bridgehead atoms. The van der Waals surface area contributed by atoms with Gasteiger partial charge >= 0.3 is 0 Å². The van der Waals surface area contributed by atoms with E-state index >= 15 is 0 Å². The van der Waals surface area contributed by atoms with E-state index in [1.807, 2.05) is 12.3 Å². The molecule has 2 aliphatic rings. The molecule has 8 nitrogen and oxygen atoms in total. The Morgan fingerprint density at radius 1 is 1.26 bits per heavy atom. The molecule has 1 fully saturated rings. The molecule has 0 atom stereocenters. The summed E-state index contributed by atoms with van der Waals surface area (Å²) in [7, 11) is 1.65. The number of aromatic nitrogens is 3. The Balaban J connectivity index is 1.65. The molecule has 4 heterocycles. The molecule has 8 heteroatoms. The second kappa shape index (κ2) is 9.85. The van der Waals surface area contributed by atoms with E-state index < -0.39 is 0 Å². The average Bonchev–Trinajstić information content (AvgIpc) is 3.40. The van der Waals surface area contributed by atoms with Gasteiger partial charge in [0.05, 0.1) is 24.2 Å². The summed E-state index contributed by atoms with van der Waals surface area (Å²) in [5.41, 5.74) is 5.82. The first kappa shape index (κ1) is 25.0. The molecule has 1 saturated heterocycles. The second-order valence-corrected chi connectivity index (χ2v) is 10.8. The van der Waals surface area contributed by atoms with Gasteiger partial charge in [0, 0.05) is 50.1 Å². The highest BCUT2D eigenvalue weighted by Gasteiger charge is 2.30. The van der Waals surface area contributed by atoms with Crippen LogP contribution in [0.2, 0.25) is 0 Å². The number of ether oxygens (including phenoxy) is 1. The lowest BCUT2D eigenvalue weighted by Crippen LogP contribution is -2.48. The second-order valence-electron chi connectivity index (χ2n) is 10.8. The third-order valence-corrected chi connectivity index (χ3v) is 6.39. The summed E-state index contributed by atoms with van der Waals surface area (Å²) in [6.45, 7) is 22.8. The first-order valence-corrected chi connectivity index (χ1v) is 12.4. The predicted molar refractivity (Wildman–Crippen MR) is 142 cm³/mol. The van der Waals surface area contributed by atoms with Crippen LogP contribution >= 0.6 is 0 Å². The Morgan fingerprint density at radius 3 is 2.57 bits per heavy atom. The molecule has 0 radical (unpaired) electrons. The van der Waals surface area contributed by atoms with Crippen LogP contribution in [-0.2, 0) is 0 Å². The van der Waals surface area contributed by atoms with Crippen molar-refractivity contribution in [2.75, 3.05) is 39.8 Å². The number of rotatable bonds is 6. The van der Waals surface area contributed by atoms with Gasteiger partial charge in [0.1, 0.15) is 12.1 Å². The third kappa shape index (κ3) is 5.27. The Bertz CT molecular complexity index is 1190. The van der Waals surface area contributed by atoms with Gasteiger partial charge in [0.15, 0.2) is 11.4 Å². The van der Waals surface area contributed by atoms with Crippen molar-refractivity contribution < 1.29 is 4.74 Å². The van der Waals surface area contributed by atoms with Gasteiger partial charge in [-0.1, -0.05) is 41.2 Å². The smallest absolute Gasteiger partial charge is 0.197 e. The van der Waals surface area contributed by atoms with Gasteiger partial charge in [-0.2, -0.15) is 5.10 Å². The summed E-state index contributed by atoms with van der Waals surface area (Å²) in [5.74, 6) is 1.92. The molecule has 188 valence electrons. The molecule has 2 aliphatic heterocycles. The van der Waals surface area contributed by atoms with Crippen LogP contribution in [0.25, 0.3) is 11.3 Å². The van der Waals surface area contributed by atoms with E-state index in [1.54, 1.807) is 11.6 Å². The largest absolute Gasteiger partial charge is 0.493 e. The molecule has 35 heavy (non-hydrogen) atoms. The van der Waals surface area contributed by atoms with Crippen molar-refractivity contribution >= 4 is 17.1 Å². The molecule has 0 unspecified atom stereocenters. The highest BCUT2D eigenvalue weighted by atomic mass is 16.5. The Hall–Kier alpha value is -3.13. The Kier molecular flexibility index (Phi) is 7.03. The first-order valence-electron chi connectivity index (χ1n) is 12.4. The van der Waals surface area contributed by atoms with Gasteiger partial charge < -0.3 is 15.0 Å². The van der Waals surface area contributed by atoms with Crippen LogP contribution < -0.4 is 10.1 Å². The quantitative estimate of drug-likeness (QED) is 0.673. The van der Waals surface area contributed by atoms with Crippen LogP contribution in [-0.4, -0.2) is 69.9 Å². The van der Waals surface area contributed by atoms with Gasteiger partial charge in [-0.05, 0) is 30.4 Å². The topological polar surface area (TPSA) is 70.3 Å². The minimum atomic E-state index is 0.245. The van der Waals surface area contributed by atoms with Crippen molar-refractivity contribution in [3.63, 3.8) is 0 Å². The number of pyridine rings is 1. The van der Waals surface area contributed by atoms with E-state index in [9.17, 15) is 0 Å². The average molecular weight is 478 g/mol. The maximum atomic E-state index is 5.59. The highest BCUT2D eigenvalue weighted by molar-refractivity contribution is 6.20. The lowest BCUT2D eigenvalue weighted by molar-refractivity contribution is 0.120. The van der Waals surface area contributed by atoms with Crippen molar-refractivity contribution in [3.05, 3.63) is 53.9 Å². The van der Waals surface area contributed by atoms with E-state index in [1.165, 1.54) is 6.33 Å². The summed E-state index contributed by atoms with van der Waals surface area (Å²) in [6, 6.07) is 2.00.